The van der Waals surface area contributed by atoms with Crippen LogP contribution in [0.15, 0.2) is 48.5 Å². The van der Waals surface area contributed by atoms with Gasteiger partial charge < -0.3 is 10.3 Å². The Morgan fingerprint density at radius 1 is 0.895 bits per heavy atom. The molecule has 0 saturated heterocycles. The number of nitrogens with one attached hydrogen (secondary N) is 2. The summed E-state index contributed by atoms with van der Waals surface area (Å²) in [4.78, 5) is 3.53. The summed E-state index contributed by atoms with van der Waals surface area (Å²) in [6, 6.07) is 17.3. The summed E-state index contributed by atoms with van der Waals surface area (Å²) in [5.41, 5.74) is 6.69. The molecule has 19 heavy (non-hydrogen) atoms. The molecule has 2 aromatic carbocycles. The lowest BCUT2D eigenvalue weighted by atomic mass is 10.00. The first kappa shape index (κ1) is 10.8. The van der Waals surface area contributed by atoms with E-state index in [1.165, 1.54) is 33.3 Å². The lowest BCUT2D eigenvalue weighted by Crippen LogP contribution is -2.22. The number of hydrogen-bond acceptors (Lipinski definition) is 1. The fraction of sp³-hybridized carbons (Fsp3) is 0.176. The number of fused-ring (bicyclic) bond motifs is 3. The molecule has 0 radical (unpaired) electrons. The quantitative estimate of drug-likeness (QED) is 0.678. The minimum Gasteiger partial charge on any atom is -0.357 e. The first-order chi connectivity index (χ1) is 9.42. The SMILES string of the molecule is c1ccc(-c2ccc3[nH]c4c(c3c2)CCNC4)cc1. The van der Waals surface area contributed by atoms with Crippen LogP contribution in [0.1, 0.15) is 11.3 Å². The number of aromatic nitrogens is 1. The zero-order valence-electron chi connectivity index (χ0n) is 10.7. The Hall–Kier alpha value is -2.06. The van der Waals surface area contributed by atoms with Gasteiger partial charge in [0.1, 0.15) is 0 Å². The second-order valence-corrected chi connectivity index (χ2v) is 5.14. The number of rotatable bonds is 1. The Morgan fingerprint density at radius 2 is 1.79 bits per heavy atom. The highest BCUT2D eigenvalue weighted by Crippen LogP contribution is 2.29. The predicted molar refractivity (Wildman–Crippen MR) is 79.1 cm³/mol. The molecular formula is C17H16N2. The summed E-state index contributed by atoms with van der Waals surface area (Å²) in [5, 5.41) is 4.80. The average Bonchev–Trinajstić information content (AvgIpc) is 2.86. The van der Waals surface area contributed by atoms with Gasteiger partial charge in [-0.15, -0.1) is 0 Å². The second-order valence-electron chi connectivity index (χ2n) is 5.14. The van der Waals surface area contributed by atoms with Crippen LogP contribution in [0.3, 0.4) is 0 Å². The van der Waals surface area contributed by atoms with Gasteiger partial charge in [0.05, 0.1) is 0 Å². The van der Waals surface area contributed by atoms with Crippen molar-refractivity contribution in [1.82, 2.24) is 10.3 Å². The van der Waals surface area contributed by atoms with Crippen LogP contribution in [-0.4, -0.2) is 11.5 Å². The van der Waals surface area contributed by atoms with Crippen molar-refractivity contribution >= 4 is 10.9 Å². The van der Waals surface area contributed by atoms with Crippen LogP contribution in [0.4, 0.5) is 0 Å². The number of aromatic amines is 1. The molecule has 1 aliphatic rings. The minimum atomic E-state index is 0.963. The van der Waals surface area contributed by atoms with Gasteiger partial charge in [-0.25, -0.2) is 0 Å². The first-order valence-electron chi connectivity index (χ1n) is 6.81. The summed E-state index contributed by atoms with van der Waals surface area (Å²) >= 11 is 0. The van der Waals surface area contributed by atoms with Crippen LogP contribution in [0.2, 0.25) is 0 Å². The fourth-order valence-corrected chi connectivity index (χ4v) is 2.98. The summed E-state index contributed by atoms with van der Waals surface area (Å²) in [6.45, 7) is 2.04. The summed E-state index contributed by atoms with van der Waals surface area (Å²) < 4.78 is 0. The van der Waals surface area contributed by atoms with E-state index >= 15 is 0 Å². The van der Waals surface area contributed by atoms with Crippen molar-refractivity contribution in [2.24, 2.45) is 0 Å². The zero-order valence-corrected chi connectivity index (χ0v) is 10.7. The van der Waals surface area contributed by atoms with Gasteiger partial charge in [0.15, 0.2) is 0 Å². The molecule has 0 saturated carbocycles. The second kappa shape index (κ2) is 4.25. The molecule has 2 N–H and O–H groups in total. The van der Waals surface area contributed by atoms with E-state index in [0.29, 0.717) is 0 Å². The van der Waals surface area contributed by atoms with Gasteiger partial charge in [0.2, 0.25) is 0 Å². The maximum Gasteiger partial charge on any atom is 0.0459 e. The third-order valence-electron chi connectivity index (χ3n) is 3.96. The van der Waals surface area contributed by atoms with Crippen LogP contribution >= 0.6 is 0 Å². The topological polar surface area (TPSA) is 27.8 Å². The highest BCUT2D eigenvalue weighted by Gasteiger charge is 2.15. The van der Waals surface area contributed by atoms with Gasteiger partial charge >= 0.3 is 0 Å². The van der Waals surface area contributed by atoms with Crippen molar-refractivity contribution in [3.63, 3.8) is 0 Å². The number of benzene rings is 2. The van der Waals surface area contributed by atoms with E-state index < -0.39 is 0 Å². The van der Waals surface area contributed by atoms with Crippen molar-refractivity contribution < 1.29 is 0 Å². The molecular weight excluding hydrogens is 232 g/mol. The molecule has 0 amide bonds. The van der Waals surface area contributed by atoms with E-state index in [1.807, 2.05) is 0 Å². The predicted octanol–water partition coefficient (Wildman–Crippen LogP) is 3.48. The fourth-order valence-electron chi connectivity index (χ4n) is 2.98. The van der Waals surface area contributed by atoms with Crippen LogP contribution < -0.4 is 5.32 Å². The Bertz CT molecular complexity index is 726. The van der Waals surface area contributed by atoms with Crippen molar-refractivity contribution in [3.8, 4) is 11.1 Å². The Labute approximate surface area is 112 Å². The largest absolute Gasteiger partial charge is 0.357 e. The van der Waals surface area contributed by atoms with E-state index in [0.717, 1.165) is 19.5 Å². The normalized spacial score (nSPS) is 14.5. The molecule has 0 aliphatic carbocycles. The van der Waals surface area contributed by atoms with Gasteiger partial charge in [0, 0.05) is 23.1 Å². The summed E-state index contributed by atoms with van der Waals surface area (Å²) in [6.07, 6.45) is 1.12. The minimum absolute atomic E-state index is 0.963. The van der Waals surface area contributed by atoms with Gasteiger partial charge in [0.25, 0.3) is 0 Å². The molecule has 4 rings (SSSR count). The summed E-state index contributed by atoms with van der Waals surface area (Å²) in [7, 11) is 0. The molecule has 0 bridgehead atoms. The monoisotopic (exact) mass is 248 g/mol. The van der Waals surface area contributed by atoms with Crippen molar-refractivity contribution in [3.05, 3.63) is 59.8 Å². The summed E-state index contributed by atoms with van der Waals surface area (Å²) in [5.74, 6) is 0. The molecule has 0 atom stereocenters. The Balaban J connectivity index is 1.91. The third kappa shape index (κ3) is 1.76. The van der Waals surface area contributed by atoms with E-state index in [9.17, 15) is 0 Å². The molecule has 1 aromatic heterocycles. The van der Waals surface area contributed by atoms with Crippen LogP contribution in [0.5, 0.6) is 0 Å². The Kier molecular flexibility index (Phi) is 2.42. The smallest absolute Gasteiger partial charge is 0.0459 e. The van der Waals surface area contributed by atoms with E-state index in [-0.39, 0.29) is 0 Å². The third-order valence-corrected chi connectivity index (χ3v) is 3.96. The lowest BCUT2D eigenvalue weighted by molar-refractivity contribution is 0.637. The van der Waals surface area contributed by atoms with Gasteiger partial charge in [-0.1, -0.05) is 36.4 Å². The molecule has 0 unspecified atom stereocenters. The molecule has 3 aromatic rings. The maximum atomic E-state index is 3.53. The molecule has 94 valence electrons. The first-order valence-corrected chi connectivity index (χ1v) is 6.81. The van der Waals surface area contributed by atoms with E-state index in [2.05, 4.69) is 58.8 Å². The standard InChI is InChI=1S/C17H16N2/c1-2-4-12(5-3-1)13-6-7-16-15(10-13)14-8-9-18-11-17(14)19-16/h1-7,10,18-19H,8-9,11H2. The number of H-pyrrole nitrogens is 1. The molecule has 0 fully saturated rings. The number of hydrogen-bond donors (Lipinski definition) is 2. The lowest BCUT2D eigenvalue weighted by Gasteiger charge is -2.12. The van der Waals surface area contributed by atoms with Crippen LogP contribution in [0.25, 0.3) is 22.0 Å². The highest BCUT2D eigenvalue weighted by molar-refractivity contribution is 5.89. The van der Waals surface area contributed by atoms with Gasteiger partial charge in [-0.05, 0) is 41.8 Å². The van der Waals surface area contributed by atoms with Gasteiger partial charge in [-0.3, -0.25) is 0 Å². The van der Waals surface area contributed by atoms with Crippen molar-refractivity contribution in [2.75, 3.05) is 6.54 Å². The average molecular weight is 248 g/mol. The van der Waals surface area contributed by atoms with Gasteiger partial charge in [-0.2, -0.15) is 0 Å². The molecule has 2 heteroatoms. The van der Waals surface area contributed by atoms with Crippen LogP contribution in [-0.2, 0) is 13.0 Å². The van der Waals surface area contributed by atoms with Crippen molar-refractivity contribution in [2.45, 2.75) is 13.0 Å². The maximum absolute atomic E-state index is 3.53. The molecule has 2 heterocycles. The molecule has 0 spiro atoms. The molecule has 2 nitrogen and oxygen atoms in total. The van der Waals surface area contributed by atoms with E-state index in [4.69, 9.17) is 0 Å². The van der Waals surface area contributed by atoms with E-state index in [1.54, 1.807) is 0 Å². The molecule has 1 aliphatic heterocycles. The highest BCUT2D eigenvalue weighted by atomic mass is 14.9. The van der Waals surface area contributed by atoms with Crippen LogP contribution in [0, 0.1) is 0 Å². The zero-order chi connectivity index (χ0) is 12.7. The van der Waals surface area contributed by atoms with Crippen molar-refractivity contribution in [1.29, 1.82) is 0 Å². The Morgan fingerprint density at radius 3 is 2.68 bits per heavy atom.